The van der Waals surface area contributed by atoms with Crippen molar-refractivity contribution < 1.29 is 23.3 Å². The van der Waals surface area contributed by atoms with E-state index >= 15 is 0 Å². The first kappa shape index (κ1) is 19.0. The van der Waals surface area contributed by atoms with Gasteiger partial charge in [0, 0.05) is 45.7 Å². The number of hydrogen-bond acceptors (Lipinski definition) is 6. The predicted octanol–water partition coefficient (Wildman–Crippen LogP) is 0.0987. The second-order valence-corrected chi connectivity index (χ2v) is 6.97. The molecule has 23 heavy (non-hydrogen) atoms. The van der Waals surface area contributed by atoms with Crippen molar-refractivity contribution in [2.24, 2.45) is 0 Å². The molecule has 1 aromatic rings. The highest BCUT2D eigenvalue weighted by Crippen LogP contribution is 2.16. The normalized spacial score (nSPS) is 11.7. The second-order valence-electron chi connectivity index (χ2n) is 4.83. The summed E-state index contributed by atoms with van der Waals surface area (Å²) in [6.45, 7) is -0.207. The lowest BCUT2D eigenvalue weighted by molar-refractivity contribution is -0.384. The van der Waals surface area contributed by atoms with E-state index in [1.165, 1.54) is 43.8 Å². The number of rotatable bonds is 8. The van der Waals surface area contributed by atoms with Crippen LogP contribution in [0.5, 0.6) is 0 Å². The van der Waals surface area contributed by atoms with E-state index in [-0.39, 0.29) is 25.2 Å². The van der Waals surface area contributed by atoms with Crippen LogP contribution in [0.15, 0.2) is 24.3 Å². The van der Waals surface area contributed by atoms with E-state index in [4.69, 9.17) is 5.21 Å². The Labute approximate surface area is 133 Å². The highest BCUT2D eigenvalue weighted by atomic mass is 32.2. The predicted molar refractivity (Wildman–Crippen MR) is 80.7 cm³/mol. The summed E-state index contributed by atoms with van der Waals surface area (Å²) >= 11 is 0. The van der Waals surface area contributed by atoms with Crippen LogP contribution in [0.3, 0.4) is 0 Å². The summed E-state index contributed by atoms with van der Waals surface area (Å²) in [5, 5.41) is 19.1. The largest absolute Gasteiger partial charge is 0.289 e. The van der Waals surface area contributed by atoms with Gasteiger partial charge in [0.2, 0.25) is 5.91 Å². The third-order valence-corrected chi connectivity index (χ3v) is 4.89. The number of hydrogen-bond donors (Lipinski definition) is 2. The maximum atomic E-state index is 12.3. The van der Waals surface area contributed by atoms with E-state index in [0.717, 1.165) is 8.61 Å². The number of nitrogens with one attached hydrogen (secondary N) is 1. The zero-order valence-corrected chi connectivity index (χ0v) is 13.5. The molecule has 0 saturated carbocycles. The fraction of sp³-hybridized carbons (Fsp3) is 0.417. The molecule has 0 saturated heterocycles. The van der Waals surface area contributed by atoms with Crippen LogP contribution in [0.25, 0.3) is 0 Å². The summed E-state index contributed by atoms with van der Waals surface area (Å²) in [6.07, 6.45) is -0.226. The van der Waals surface area contributed by atoms with Gasteiger partial charge in [0.1, 0.15) is 0 Å². The summed E-state index contributed by atoms with van der Waals surface area (Å²) < 4.78 is 26.6. The van der Waals surface area contributed by atoms with Crippen LogP contribution in [0.2, 0.25) is 0 Å². The SMILES string of the molecule is CN(C)S(=O)(=O)N(CCC(=O)NO)Cc1ccc([N+](=O)[O-])cc1. The molecule has 0 spiro atoms. The molecule has 0 unspecified atom stereocenters. The Morgan fingerprint density at radius 1 is 1.30 bits per heavy atom. The van der Waals surface area contributed by atoms with E-state index in [0.29, 0.717) is 5.56 Å². The Kier molecular flexibility index (Phi) is 6.57. The van der Waals surface area contributed by atoms with E-state index in [1.54, 1.807) is 0 Å². The molecule has 11 heteroatoms. The van der Waals surface area contributed by atoms with Crippen LogP contribution in [-0.4, -0.2) is 53.7 Å². The summed E-state index contributed by atoms with van der Waals surface area (Å²) in [7, 11) is -1.09. The topological polar surface area (TPSA) is 133 Å². The smallest absolute Gasteiger partial charge is 0.281 e. The lowest BCUT2D eigenvalue weighted by Crippen LogP contribution is -2.41. The fourth-order valence-corrected chi connectivity index (χ4v) is 2.81. The average Bonchev–Trinajstić information content (AvgIpc) is 2.50. The van der Waals surface area contributed by atoms with Crippen LogP contribution in [0, 0.1) is 10.1 Å². The molecule has 2 N–H and O–H groups in total. The van der Waals surface area contributed by atoms with Crippen molar-refractivity contribution in [2.75, 3.05) is 20.6 Å². The molecule has 0 bridgehead atoms. The Morgan fingerprint density at radius 2 is 1.87 bits per heavy atom. The fourth-order valence-electron chi connectivity index (χ4n) is 1.72. The van der Waals surface area contributed by atoms with E-state index in [1.807, 2.05) is 0 Å². The van der Waals surface area contributed by atoms with Gasteiger partial charge in [-0.3, -0.25) is 20.1 Å². The lowest BCUT2D eigenvalue weighted by atomic mass is 10.2. The molecule has 0 aromatic heterocycles. The van der Waals surface area contributed by atoms with Gasteiger partial charge in [0.15, 0.2) is 0 Å². The van der Waals surface area contributed by atoms with Crippen LogP contribution in [0.1, 0.15) is 12.0 Å². The number of carbonyl (C=O) groups is 1. The van der Waals surface area contributed by atoms with Crippen molar-refractivity contribution in [2.45, 2.75) is 13.0 Å². The zero-order valence-electron chi connectivity index (χ0n) is 12.7. The Hall–Kier alpha value is -2.08. The monoisotopic (exact) mass is 346 g/mol. The number of nitrogens with zero attached hydrogens (tertiary/aromatic N) is 3. The molecule has 10 nitrogen and oxygen atoms in total. The molecule has 0 fully saturated rings. The van der Waals surface area contributed by atoms with Crippen LogP contribution in [-0.2, 0) is 21.5 Å². The number of nitro benzene ring substituents is 1. The van der Waals surface area contributed by atoms with Gasteiger partial charge in [-0.05, 0) is 5.56 Å². The minimum absolute atomic E-state index is 0.0583. The molecule has 1 rings (SSSR count). The van der Waals surface area contributed by atoms with Gasteiger partial charge >= 0.3 is 0 Å². The highest BCUT2D eigenvalue weighted by molar-refractivity contribution is 7.86. The highest BCUT2D eigenvalue weighted by Gasteiger charge is 2.25. The molecule has 0 heterocycles. The van der Waals surface area contributed by atoms with Gasteiger partial charge in [0.25, 0.3) is 15.9 Å². The Balaban J connectivity index is 2.96. The molecule has 0 aliphatic rings. The van der Waals surface area contributed by atoms with Gasteiger partial charge in [-0.1, -0.05) is 12.1 Å². The van der Waals surface area contributed by atoms with Crippen LogP contribution in [0.4, 0.5) is 5.69 Å². The van der Waals surface area contributed by atoms with E-state index in [2.05, 4.69) is 0 Å². The number of nitro groups is 1. The first-order chi connectivity index (χ1) is 10.7. The standard InChI is InChI=1S/C12H18N4O6S/c1-14(2)23(21,22)15(8-7-12(17)13-18)9-10-3-5-11(6-4-10)16(19)20/h3-6,18H,7-9H2,1-2H3,(H,13,17). The molecular formula is C12H18N4O6S. The lowest BCUT2D eigenvalue weighted by Gasteiger charge is -2.25. The van der Waals surface area contributed by atoms with Crippen molar-refractivity contribution in [3.05, 3.63) is 39.9 Å². The maximum Gasteiger partial charge on any atom is 0.281 e. The van der Waals surface area contributed by atoms with Gasteiger partial charge < -0.3 is 0 Å². The first-order valence-electron chi connectivity index (χ1n) is 6.52. The first-order valence-corrected chi connectivity index (χ1v) is 7.92. The van der Waals surface area contributed by atoms with Gasteiger partial charge in [-0.2, -0.15) is 17.0 Å². The third kappa shape index (κ3) is 5.25. The third-order valence-electron chi connectivity index (χ3n) is 3.01. The van der Waals surface area contributed by atoms with Gasteiger partial charge in [-0.25, -0.2) is 5.48 Å². The van der Waals surface area contributed by atoms with Crippen molar-refractivity contribution >= 4 is 21.8 Å². The average molecular weight is 346 g/mol. The van der Waals surface area contributed by atoms with Crippen LogP contribution >= 0.6 is 0 Å². The zero-order chi connectivity index (χ0) is 17.6. The van der Waals surface area contributed by atoms with E-state index < -0.39 is 21.0 Å². The summed E-state index contributed by atoms with van der Waals surface area (Å²) in [4.78, 5) is 21.2. The quantitative estimate of drug-likeness (QED) is 0.389. The van der Waals surface area contributed by atoms with Gasteiger partial charge in [-0.15, -0.1) is 0 Å². The summed E-state index contributed by atoms with van der Waals surface area (Å²) in [5.41, 5.74) is 1.87. The number of carbonyl (C=O) groups excluding carboxylic acids is 1. The number of benzene rings is 1. The number of non-ortho nitro benzene ring substituents is 1. The molecule has 1 amide bonds. The molecule has 0 aliphatic heterocycles. The van der Waals surface area contributed by atoms with Crippen molar-refractivity contribution in [3.63, 3.8) is 0 Å². The van der Waals surface area contributed by atoms with Gasteiger partial charge in [0.05, 0.1) is 4.92 Å². The molecule has 0 radical (unpaired) electrons. The molecular weight excluding hydrogens is 328 g/mol. The number of hydroxylamine groups is 1. The summed E-state index contributed by atoms with van der Waals surface area (Å²) in [5.74, 6) is -0.715. The van der Waals surface area contributed by atoms with Crippen molar-refractivity contribution in [3.8, 4) is 0 Å². The number of amides is 1. The molecule has 128 valence electrons. The van der Waals surface area contributed by atoms with E-state index in [9.17, 15) is 23.3 Å². The maximum absolute atomic E-state index is 12.3. The Morgan fingerprint density at radius 3 is 2.30 bits per heavy atom. The second kappa shape index (κ2) is 7.97. The Bertz CT molecular complexity index is 659. The summed E-state index contributed by atoms with van der Waals surface area (Å²) in [6, 6.07) is 5.44. The molecule has 0 atom stereocenters. The minimum Gasteiger partial charge on any atom is -0.289 e. The minimum atomic E-state index is -3.80. The van der Waals surface area contributed by atoms with Crippen molar-refractivity contribution in [1.29, 1.82) is 0 Å². The van der Waals surface area contributed by atoms with Crippen LogP contribution < -0.4 is 5.48 Å². The van der Waals surface area contributed by atoms with Crippen molar-refractivity contribution in [1.82, 2.24) is 14.1 Å². The molecule has 1 aromatic carbocycles. The molecule has 0 aliphatic carbocycles.